The van der Waals surface area contributed by atoms with Crippen LogP contribution in [0.3, 0.4) is 0 Å². The van der Waals surface area contributed by atoms with Crippen LogP contribution in [0, 0.1) is 17.8 Å². The molecule has 3 N–H and O–H groups in total. The maximum absolute atomic E-state index is 11.6. The summed E-state index contributed by atoms with van der Waals surface area (Å²) in [7, 11) is 0. The highest BCUT2D eigenvalue weighted by Gasteiger charge is 2.39. The molecule has 2 fully saturated rings. The summed E-state index contributed by atoms with van der Waals surface area (Å²) >= 11 is 0. The molecule has 4 unspecified atom stereocenters. The van der Waals surface area contributed by atoms with E-state index in [1.807, 2.05) is 6.92 Å². The van der Waals surface area contributed by atoms with Crippen molar-refractivity contribution in [3.05, 3.63) is 0 Å². The molecular formula is C12H22N2O. The zero-order valence-corrected chi connectivity index (χ0v) is 9.54. The fourth-order valence-electron chi connectivity index (χ4n) is 3.21. The lowest BCUT2D eigenvalue weighted by atomic mass is 9.86. The van der Waals surface area contributed by atoms with Crippen molar-refractivity contribution in [3.8, 4) is 0 Å². The summed E-state index contributed by atoms with van der Waals surface area (Å²) in [5, 5.41) is 2.90. The first-order chi connectivity index (χ1) is 7.15. The van der Waals surface area contributed by atoms with Gasteiger partial charge in [0.05, 0.1) is 0 Å². The zero-order valence-electron chi connectivity index (χ0n) is 9.54. The molecule has 3 heteroatoms. The van der Waals surface area contributed by atoms with Gasteiger partial charge in [-0.2, -0.15) is 0 Å². The van der Waals surface area contributed by atoms with Crippen LogP contribution in [0.5, 0.6) is 0 Å². The summed E-state index contributed by atoms with van der Waals surface area (Å²) in [4.78, 5) is 11.6. The number of fused-ring (bicyclic) bond motifs is 2. The summed E-state index contributed by atoms with van der Waals surface area (Å²) in [5.41, 5.74) is 5.59. The number of carbonyl (C=O) groups excluding carboxylic acids is 1. The molecule has 1 amide bonds. The van der Waals surface area contributed by atoms with Crippen molar-refractivity contribution < 1.29 is 4.79 Å². The third-order valence-electron chi connectivity index (χ3n) is 3.95. The Bertz CT molecular complexity index is 240. The Morgan fingerprint density at radius 1 is 1.47 bits per heavy atom. The molecule has 0 aromatic rings. The SMILES string of the molecule is CC(N)CNC(=O)CC1CC2CCC1C2. The van der Waals surface area contributed by atoms with E-state index >= 15 is 0 Å². The minimum absolute atomic E-state index is 0.0639. The lowest BCUT2D eigenvalue weighted by molar-refractivity contribution is -0.122. The van der Waals surface area contributed by atoms with Crippen LogP contribution in [0.2, 0.25) is 0 Å². The number of hydrogen-bond acceptors (Lipinski definition) is 2. The number of rotatable bonds is 4. The second-order valence-electron chi connectivity index (χ2n) is 5.42. The molecule has 0 radical (unpaired) electrons. The van der Waals surface area contributed by atoms with Crippen LogP contribution in [0.25, 0.3) is 0 Å². The maximum Gasteiger partial charge on any atom is 0.220 e. The molecule has 3 nitrogen and oxygen atoms in total. The van der Waals surface area contributed by atoms with Gasteiger partial charge in [-0.25, -0.2) is 0 Å². The van der Waals surface area contributed by atoms with Gasteiger partial charge in [0.1, 0.15) is 0 Å². The lowest BCUT2D eigenvalue weighted by Gasteiger charge is -2.21. The van der Waals surface area contributed by atoms with Crippen molar-refractivity contribution in [2.75, 3.05) is 6.54 Å². The van der Waals surface area contributed by atoms with Gasteiger partial charge < -0.3 is 11.1 Å². The third kappa shape index (κ3) is 2.71. The summed E-state index contributed by atoms with van der Waals surface area (Å²) in [6, 6.07) is 0.0639. The molecule has 2 rings (SSSR count). The topological polar surface area (TPSA) is 55.1 Å². The Labute approximate surface area is 91.8 Å². The highest BCUT2D eigenvalue weighted by Crippen LogP contribution is 2.49. The number of hydrogen-bond donors (Lipinski definition) is 2. The molecule has 0 saturated heterocycles. The Balaban J connectivity index is 1.71. The molecule has 2 aliphatic carbocycles. The minimum atomic E-state index is 0.0639. The van der Waals surface area contributed by atoms with E-state index in [-0.39, 0.29) is 11.9 Å². The summed E-state index contributed by atoms with van der Waals surface area (Å²) < 4.78 is 0. The van der Waals surface area contributed by atoms with E-state index in [9.17, 15) is 4.79 Å². The predicted molar refractivity (Wildman–Crippen MR) is 60.2 cm³/mol. The second kappa shape index (κ2) is 4.52. The second-order valence-corrected chi connectivity index (χ2v) is 5.42. The van der Waals surface area contributed by atoms with Gasteiger partial charge in [-0.3, -0.25) is 4.79 Å². The Morgan fingerprint density at radius 2 is 2.27 bits per heavy atom. The van der Waals surface area contributed by atoms with Crippen molar-refractivity contribution in [3.63, 3.8) is 0 Å². The molecule has 2 aliphatic rings. The van der Waals surface area contributed by atoms with Crippen LogP contribution in [-0.2, 0) is 4.79 Å². The van der Waals surface area contributed by atoms with Gasteiger partial charge in [0.2, 0.25) is 5.91 Å². The highest BCUT2D eigenvalue weighted by molar-refractivity contribution is 5.76. The van der Waals surface area contributed by atoms with Crippen LogP contribution >= 0.6 is 0 Å². The van der Waals surface area contributed by atoms with Gasteiger partial charge in [0, 0.05) is 19.0 Å². The van der Waals surface area contributed by atoms with Crippen LogP contribution in [0.1, 0.15) is 39.0 Å². The van der Waals surface area contributed by atoms with Crippen molar-refractivity contribution in [1.29, 1.82) is 0 Å². The fraction of sp³-hybridized carbons (Fsp3) is 0.917. The van der Waals surface area contributed by atoms with Gasteiger partial charge in [0.25, 0.3) is 0 Å². The summed E-state index contributed by atoms with van der Waals surface area (Å²) in [5.74, 6) is 2.64. The molecule has 0 spiro atoms. The fourth-order valence-corrected chi connectivity index (χ4v) is 3.21. The maximum atomic E-state index is 11.6. The number of amides is 1. The monoisotopic (exact) mass is 210 g/mol. The average molecular weight is 210 g/mol. The standard InChI is InChI=1S/C12H22N2O/c1-8(13)7-14-12(15)6-11-5-9-2-3-10(11)4-9/h8-11H,2-7,13H2,1H3,(H,14,15). The van der Waals surface area contributed by atoms with Crippen LogP contribution in [0.4, 0.5) is 0 Å². The van der Waals surface area contributed by atoms with Gasteiger partial charge in [-0.05, 0) is 43.9 Å². The van der Waals surface area contributed by atoms with Gasteiger partial charge in [-0.1, -0.05) is 6.42 Å². The molecule has 0 heterocycles. The first kappa shape index (κ1) is 10.9. The smallest absolute Gasteiger partial charge is 0.220 e. The van der Waals surface area contributed by atoms with E-state index in [0.29, 0.717) is 12.5 Å². The molecule has 0 aromatic heterocycles. The van der Waals surface area contributed by atoms with E-state index < -0.39 is 0 Å². The van der Waals surface area contributed by atoms with Crippen molar-refractivity contribution >= 4 is 5.91 Å². The van der Waals surface area contributed by atoms with E-state index in [0.717, 1.165) is 18.3 Å². The van der Waals surface area contributed by atoms with Crippen LogP contribution in [0.15, 0.2) is 0 Å². The molecule has 2 bridgehead atoms. The van der Waals surface area contributed by atoms with E-state index in [2.05, 4.69) is 5.32 Å². The molecule has 2 saturated carbocycles. The Kier molecular flexibility index (Phi) is 3.29. The number of carbonyl (C=O) groups is 1. The molecule has 0 aromatic carbocycles. The zero-order chi connectivity index (χ0) is 10.8. The molecule has 15 heavy (non-hydrogen) atoms. The first-order valence-electron chi connectivity index (χ1n) is 6.17. The normalized spacial score (nSPS) is 35.5. The largest absolute Gasteiger partial charge is 0.355 e. The van der Waals surface area contributed by atoms with Gasteiger partial charge >= 0.3 is 0 Å². The first-order valence-corrected chi connectivity index (χ1v) is 6.17. The predicted octanol–water partition coefficient (Wildman–Crippen LogP) is 1.28. The number of nitrogens with two attached hydrogens (primary N) is 1. The van der Waals surface area contributed by atoms with Crippen molar-refractivity contribution in [2.45, 2.75) is 45.1 Å². The molecule has 86 valence electrons. The van der Waals surface area contributed by atoms with Crippen molar-refractivity contribution in [2.24, 2.45) is 23.5 Å². The summed E-state index contributed by atoms with van der Waals surface area (Å²) in [6.07, 6.45) is 6.16. The Morgan fingerprint density at radius 3 is 2.80 bits per heavy atom. The van der Waals surface area contributed by atoms with Crippen molar-refractivity contribution in [1.82, 2.24) is 5.32 Å². The van der Waals surface area contributed by atoms with Gasteiger partial charge in [-0.15, -0.1) is 0 Å². The molecular weight excluding hydrogens is 188 g/mol. The minimum Gasteiger partial charge on any atom is -0.355 e. The van der Waals surface area contributed by atoms with Crippen LogP contribution < -0.4 is 11.1 Å². The van der Waals surface area contributed by atoms with E-state index in [4.69, 9.17) is 5.73 Å². The molecule has 0 aliphatic heterocycles. The number of nitrogens with one attached hydrogen (secondary N) is 1. The van der Waals surface area contributed by atoms with E-state index in [1.165, 1.54) is 25.7 Å². The van der Waals surface area contributed by atoms with Gasteiger partial charge in [0.15, 0.2) is 0 Å². The van der Waals surface area contributed by atoms with Crippen LogP contribution in [-0.4, -0.2) is 18.5 Å². The Hall–Kier alpha value is -0.570. The quantitative estimate of drug-likeness (QED) is 0.734. The highest BCUT2D eigenvalue weighted by atomic mass is 16.1. The molecule has 4 atom stereocenters. The van der Waals surface area contributed by atoms with E-state index in [1.54, 1.807) is 0 Å². The lowest BCUT2D eigenvalue weighted by Crippen LogP contribution is -2.36. The summed E-state index contributed by atoms with van der Waals surface area (Å²) in [6.45, 7) is 2.53. The average Bonchev–Trinajstić information content (AvgIpc) is 2.76. The third-order valence-corrected chi connectivity index (χ3v) is 3.95.